The summed E-state index contributed by atoms with van der Waals surface area (Å²) < 4.78 is 0. The first kappa shape index (κ1) is 9.66. The van der Waals surface area contributed by atoms with Gasteiger partial charge in [0, 0.05) is 0 Å². The molecule has 0 saturated heterocycles. The third-order valence-corrected chi connectivity index (χ3v) is 1.52. The van der Waals surface area contributed by atoms with Crippen LogP contribution in [0.1, 0.15) is 32.6 Å². The summed E-state index contributed by atoms with van der Waals surface area (Å²) in [5, 5.41) is 0. The molecule has 0 spiro atoms. The molecule has 0 bridgehead atoms. The minimum atomic E-state index is -0.516. The molecule has 2 nitrogen and oxygen atoms in total. The second-order valence-corrected chi connectivity index (χ2v) is 2.83. The molecule has 4 N–H and O–H groups in total. The lowest BCUT2D eigenvalue weighted by atomic mass is 10.0. The van der Waals surface area contributed by atoms with E-state index in [1.54, 1.807) is 6.08 Å². The smallest absolute Gasteiger partial charge is 0.0671 e. The van der Waals surface area contributed by atoms with Crippen LogP contribution in [-0.2, 0) is 0 Å². The van der Waals surface area contributed by atoms with Gasteiger partial charge >= 0.3 is 0 Å². The number of hydrogen-bond donors (Lipinski definition) is 2. The van der Waals surface area contributed by atoms with Crippen molar-refractivity contribution in [2.75, 3.05) is 0 Å². The van der Waals surface area contributed by atoms with Gasteiger partial charge in [0.15, 0.2) is 0 Å². The van der Waals surface area contributed by atoms with Crippen LogP contribution in [0.2, 0.25) is 0 Å². The van der Waals surface area contributed by atoms with Crippen LogP contribution in [0.5, 0.6) is 0 Å². The fraction of sp³-hybridized carbons (Fsp3) is 0.750. The first-order valence-electron chi connectivity index (χ1n) is 3.81. The van der Waals surface area contributed by atoms with Crippen LogP contribution >= 0.6 is 0 Å². The second kappa shape index (κ2) is 4.47. The molecule has 60 valence electrons. The van der Waals surface area contributed by atoms with E-state index in [0.717, 1.165) is 19.3 Å². The summed E-state index contributed by atoms with van der Waals surface area (Å²) in [6.45, 7) is 5.72. The average molecular weight is 142 g/mol. The molecule has 0 amide bonds. The standard InChI is InChI=1S/C8H18N2/c1-3-5-7-8(9,10)6-4-2/h4H,2-3,5-7,9-10H2,1H3. The fourth-order valence-corrected chi connectivity index (χ4v) is 0.877. The Morgan fingerprint density at radius 3 is 2.50 bits per heavy atom. The van der Waals surface area contributed by atoms with E-state index >= 15 is 0 Å². The van der Waals surface area contributed by atoms with E-state index in [0.29, 0.717) is 6.42 Å². The van der Waals surface area contributed by atoms with Crippen LogP contribution in [0.15, 0.2) is 12.7 Å². The number of hydrogen-bond acceptors (Lipinski definition) is 2. The summed E-state index contributed by atoms with van der Waals surface area (Å²) in [5.74, 6) is 0. The van der Waals surface area contributed by atoms with E-state index in [9.17, 15) is 0 Å². The summed E-state index contributed by atoms with van der Waals surface area (Å²) in [5.41, 5.74) is 10.9. The first-order valence-corrected chi connectivity index (χ1v) is 3.81. The van der Waals surface area contributed by atoms with Crippen LogP contribution in [0.25, 0.3) is 0 Å². The van der Waals surface area contributed by atoms with Crippen LogP contribution in [0, 0.1) is 0 Å². The van der Waals surface area contributed by atoms with Crippen LogP contribution in [0.3, 0.4) is 0 Å². The normalized spacial score (nSPS) is 11.5. The Balaban J connectivity index is 3.51. The summed E-state index contributed by atoms with van der Waals surface area (Å²) in [7, 11) is 0. The van der Waals surface area contributed by atoms with Gasteiger partial charge in [-0.05, 0) is 12.8 Å². The molecule has 0 aromatic rings. The Morgan fingerprint density at radius 2 is 2.10 bits per heavy atom. The predicted octanol–water partition coefficient (Wildman–Crippen LogP) is 1.37. The highest BCUT2D eigenvalue weighted by Gasteiger charge is 2.14. The van der Waals surface area contributed by atoms with Crippen LogP contribution in [0.4, 0.5) is 0 Å². The van der Waals surface area contributed by atoms with Crippen molar-refractivity contribution in [2.45, 2.75) is 38.3 Å². The Bertz CT molecular complexity index is 97.4. The summed E-state index contributed by atoms with van der Waals surface area (Å²) in [6.07, 6.45) is 5.60. The van der Waals surface area contributed by atoms with Crippen molar-refractivity contribution in [1.82, 2.24) is 0 Å². The van der Waals surface area contributed by atoms with Gasteiger partial charge in [0.05, 0.1) is 5.66 Å². The zero-order valence-corrected chi connectivity index (χ0v) is 6.77. The largest absolute Gasteiger partial charge is 0.313 e. The zero-order chi connectivity index (χ0) is 8.04. The summed E-state index contributed by atoms with van der Waals surface area (Å²) >= 11 is 0. The minimum absolute atomic E-state index is 0.516. The maximum atomic E-state index is 5.72. The molecule has 0 heterocycles. The Hall–Kier alpha value is -0.340. The van der Waals surface area contributed by atoms with E-state index in [1.807, 2.05) is 0 Å². The summed E-state index contributed by atoms with van der Waals surface area (Å²) in [6, 6.07) is 0. The third kappa shape index (κ3) is 4.53. The topological polar surface area (TPSA) is 52.0 Å². The number of rotatable bonds is 5. The molecule has 0 rings (SSSR count). The Morgan fingerprint density at radius 1 is 1.50 bits per heavy atom. The highest BCUT2D eigenvalue weighted by molar-refractivity contribution is 4.85. The third-order valence-electron chi connectivity index (χ3n) is 1.52. The van der Waals surface area contributed by atoms with E-state index in [4.69, 9.17) is 11.5 Å². The Labute approximate surface area is 63.3 Å². The van der Waals surface area contributed by atoms with Gasteiger partial charge < -0.3 is 11.5 Å². The molecule has 0 fully saturated rings. The van der Waals surface area contributed by atoms with Crippen molar-refractivity contribution in [2.24, 2.45) is 11.5 Å². The number of nitrogens with two attached hydrogens (primary N) is 2. The molecule has 0 aliphatic heterocycles. The predicted molar refractivity (Wildman–Crippen MR) is 45.4 cm³/mol. The quantitative estimate of drug-likeness (QED) is 0.450. The second-order valence-electron chi connectivity index (χ2n) is 2.83. The van der Waals surface area contributed by atoms with E-state index in [2.05, 4.69) is 13.5 Å². The minimum Gasteiger partial charge on any atom is -0.313 e. The van der Waals surface area contributed by atoms with Gasteiger partial charge in [-0.1, -0.05) is 25.8 Å². The van der Waals surface area contributed by atoms with E-state index < -0.39 is 5.66 Å². The van der Waals surface area contributed by atoms with Crippen molar-refractivity contribution < 1.29 is 0 Å². The van der Waals surface area contributed by atoms with Crippen molar-refractivity contribution in [3.8, 4) is 0 Å². The van der Waals surface area contributed by atoms with Gasteiger partial charge in [-0.2, -0.15) is 0 Å². The lowest BCUT2D eigenvalue weighted by Crippen LogP contribution is -2.48. The molecule has 2 heteroatoms. The van der Waals surface area contributed by atoms with Crippen LogP contribution < -0.4 is 11.5 Å². The molecule has 0 radical (unpaired) electrons. The average Bonchev–Trinajstić information content (AvgIpc) is 1.84. The van der Waals surface area contributed by atoms with Crippen molar-refractivity contribution >= 4 is 0 Å². The first-order chi connectivity index (χ1) is 4.62. The maximum absolute atomic E-state index is 5.72. The SMILES string of the molecule is C=CCC(N)(N)CCCC. The van der Waals surface area contributed by atoms with Crippen molar-refractivity contribution in [3.63, 3.8) is 0 Å². The van der Waals surface area contributed by atoms with Gasteiger partial charge in [0.25, 0.3) is 0 Å². The molecule has 0 aliphatic rings. The molecule has 10 heavy (non-hydrogen) atoms. The van der Waals surface area contributed by atoms with Gasteiger partial charge in [0.1, 0.15) is 0 Å². The van der Waals surface area contributed by atoms with Crippen molar-refractivity contribution in [3.05, 3.63) is 12.7 Å². The zero-order valence-electron chi connectivity index (χ0n) is 6.77. The molecule has 0 aliphatic carbocycles. The highest BCUT2D eigenvalue weighted by atomic mass is 14.9. The lowest BCUT2D eigenvalue weighted by molar-refractivity contribution is 0.398. The molecule has 0 atom stereocenters. The van der Waals surface area contributed by atoms with Gasteiger partial charge in [-0.3, -0.25) is 0 Å². The Kier molecular flexibility index (Phi) is 4.32. The van der Waals surface area contributed by atoms with Gasteiger partial charge in [-0.25, -0.2) is 0 Å². The molecular weight excluding hydrogens is 124 g/mol. The lowest BCUT2D eigenvalue weighted by Gasteiger charge is -2.22. The molecule has 0 saturated carbocycles. The monoisotopic (exact) mass is 142 g/mol. The van der Waals surface area contributed by atoms with Crippen molar-refractivity contribution in [1.29, 1.82) is 0 Å². The highest BCUT2D eigenvalue weighted by Crippen LogP contribution is 2.08. The molecule has 0 aromatic carbocycles. The molecule has 0 aromatic heterocycles. The van der Waals surface area contributed by atoms with Crippen LogP contribution in [-0.4, -0.2) is 5.66 Å². The van der Waals surface area contributed by atoms with E-state index in [1.165, 1.54) is 0 Å². The fourth-order valence-electron chi connectivity index (χ4n) is 0.877. The maximum Gasteiger partial charge on any atom is 0.0671 e. The number of unbranched alkanes of at least 4 members (excludes halogenated alkanes) is 1. The molecule has 0 unspecified atom stereocenters. The van der Waals surface area contributed by atoms with Gasteiger partial charge in [-0.15, -0.1) is 6.58 Å². The van der Waals surface area contributed by atoms with Gasteiger partial charge in [0.2, 0.25) is 0 Å². The molecular formula is C8H18N2. The van der Waals surface area contributed by atoms with E-state index in [-0.39, 0.29) is 0 Å². The summed E-state index contributed by atoms with van der Waals surface area (Å²) in [4.78, 5) is 0.